The van der Waals surface area contributed by atoms with Gasteiger partial charge >= 0.3 is 0 Å². The Hall–Kier alpha value is -1.60. The molecule has 0 heterocycles. The fraction of sp³-hybridized carbons (Fsp3) is 0.364. The number of hydrogen-bond donors (Lipinski definition) is 0. The molecular weight excluding hydrogens is 292 g/mol. The topological polar surface area (TPSA) is 0 Å². The van der Waals surface area contributed by atoms with Gasteiger partial charge in [0.1, 0.15) is 0 Å². The van der Waals surface area contributed by atoms with Crippen molar-refractivity contribution < 1.29 is 0 Å². The second-order valence-electron chi connectivity index (χ2n) is 8.77. The Bertz CT molecular complexity index is 767. The molecule has 2 aromatic rings. The minimum absolute atomic E-state index is 0.245. The molecule has 0 saturated heterocycles. The maximum absolute atomic E-state index is 2.45. The van der Waals surface area contributed by atoms with Crippen LogP contribution in [0.5, 0.6) is 0 Å². The molecule has 0 N–H and O–H groups in total. The van der Waals surface area contributed by atoms with Gasteiger partial charge in [0.25, 0.3) is 0 Å². The highest BCUT2D eigenvalue weighted by molar-refractivity contribution is 6.89. The van der Waals surface area contributed by atoms with Gasteiger partial charge in [-0.3, -0.25) is 0 Å². The van der Waals surface area contributed by atoms with Crippen LogP contribution < -0.4 is 5.19 Å². The van der Waals surface area contributed by atoms with Crippen LogP contribution >= 0.6 is 0 Å². The van der Waals surface area contributed by atoms with E-state index in [4.69, 9.17) is 0 Å². The van der Waals surface area contributed by atoms with Gasteiger partial charge in [0.2, 0.25) is 0 Å². The monoisotopic (exact) mass is 320 g/mol. The van der Waals surface area contributed by atoms with E-state index >= 15 is 0 Å². The van der Waals surface area contributed by atoms with E-state index in [-0.39, 0.29) is 5.41 Å². The second kappa shape index (κ2) is 5.49. The zero-order valence-corrected chi connectivity index (χ0v) is 16.3. The highest BCUT2D eigenvalue weighted by atomic mass is 28.3. The van der Waals surface area contributed by atoms with Crippen molar-refractivity contribution in [1.29, 1.82) is 0 Å². The third-order valence-corrected chi connectivity index (χ3v) is 6.94. The molecule has 1 aliphatic carbocycles. The summed E-state index contributed by atoms with van der Waals surface area (Å²) in [6.45, 7) is 14.3. The molecule has 3 rings (SSSR count). The average Bonchev–Trinajstić information content (AvgIpc) is 2.90. The molecule has 2 aromatic carbocycles. The van der Waals surface area contributed by atoms with Crippen molar-refractivity contribution >= 4 is 19.3 Å². The lowest BCUT2D eigenvalue weighted by atomic mass is 9.85. The molecule has 0 unspecified atom stereocenters. The summed E-state index contributed by atoms with van der Waals surface area (Å²) < 4.78 is 0. The first kappa shape index (κ1) is 16.3. The fourth-order valence-corrected chi connectivity index (χ4v) is 5.08. The normalized spacial score (nSPS) is 14.6. The van der Waals surface area contributed by atoms with Crippen LogP contribution in [-0.2, 0) is 6.42 Å². The van der Waals surface area contributed by atoms with Gasteiger partial charge in [-0.1, -0.05) is 99.7 Å². The smallest absolute Gasteiger partial charge is 0.0656 e. The summed E-state index contributed by atoms with van der Waals surface area (Å²) in [6, 6.07) is 15.9. The summed E-state index contributed by atoms with van der Waals surface area (Å²) in [5.41, 5.74) is 7.58. The van der Waals surface area contributed by atoms with Crippen molar-refractivity contribution in [3.05, 3.63) is 59.2 Å². The van der Waals surface area contributed by atoms with Crippen molar-refractivity contribution in [2.24, 2.45) is 5.41 Å². The number of hydrogen-bond acceptors (Lipinski definition) is 0. The number of fused-ring (bicyclic) bond motifs is 1. The van der Waals surface area contributed by atoms with Crippen LogP contribution in [0.2, 0.25) is 19.6 Å². The van der Waals surface area contributed by atoms with Gasteiger partial charge in [0.15, 0.2) is 0 Å². The lowest BCUT2D eigenvalue weighted by Gasteiger charge is -2.22. The zero-order valence-electron chi connectivity index (χ0n) is 15.3. The van der Waals surface area contributed by atoms with E-state index in [0.29, 0.717) is 0 Å². The molecule has 0 atom stereocenters. The maximum atomic E-state index is 2.45. The molecule has 0 amide bonds. The Balaban J connectivity index is 2.19. The van der Waals surface area contributed by atoms with Gasteiger partial charge in [-0.2, -0.15) is 0 Å². The van der Waals surface area contributed by atoms with E-state index in [1.807, 2.05) is 0 Å². The lowest BCUT2D eigenvalue weighted by molar-refractivity contribution is 0.498. The van der Waals surface area contributed by atoms with Gasteiger partial charge in [0.05, 0.1) is 8.07 Å². The van der Waals surface area contributed by atoms with Crippen molar-refractivity contribution in [2.75, 3.05) is 0 Å². The van der Waals surface area contributed by atoms with E-state index in [2.05, 4.69) is 89.0 Å². The molecular formula is C22H28Si. The minimum Gasteiger partial charge on any atom is -0.0656 e. The first-order chi connectivity index (χ1) is 10.7. The molecule has 1 heteroatoms. The molecule has 120 valence electrons. The van der Waals surface area contributed by atoms with Gasteiger partial charge in [-0.05, 0) is 34.1 Å². The molecule has 0 bridgehead atoms. The van der Waals surface area contributed by atoms with Crippen LogP contribution in [0.15, 0.2) is 48.0 Å². The summed E-state index contributed by atoms with van der Waals surface area (Å²) in [7, 11) is -1.37. The van der Waals surface area contributed by atoms with Gasteiger partial charge in [-0.15, -0.1) is 0 Å². The number of rotatable bonds is 2. The Labute approximate surface area is 142 Å². The SMILES string of the molecule is CC(C)(C)C1=Cc2c(cccc2-c2ccccc2[Si](C)(C)C)C1. The standard InChI is InChI=1S/C22H28Si/c1-22(2,3)17-14-16-10-9-12-18(20(16)15-17)19-11-7-8-13-21(19)23(4,5)6/h7-13,15H,14H2,1-6H3. The van der Waals surface area contributed by atoms with Crippen LogP contribution in [0.4, 0.5) is 0 Å². The fourth-order valence-electron chi connectivity index (χ4n) is 3.46. The Morgan fingerprint density at radius 1 is 0.826 bits per heavy atom. The zero-order chi connectivity index (χ0) is 16.8. The van der Waals surface area contributed by atoms with Crippen LogP contribution in [0.1, 0.15) is 31.9 Å². The van der Waals surface area contributed by atoms with Crippen LogP contribution in [-0.4, -0.2) is 8.07 Å². The predicted molar refractivity (Wildman–Crippen MR) is 106 cm³/mol. The maximum Gasteiger partial charge on any atom is 0.0784 e. The highest BCUT2D eigenvalue weighted by Gasteiger charge is 2.26. The summed E-state index contributed by atoms with van der Waals surface area (Å²) in [4.78, 5) is 0. The highest BCUT2D eigenvalue weighted by Crippen LogP contribution is 2.40. The van der Waals surface area contributed by atoms with Crippen molar-refractivity contribution in [3.8, 4) is 11.1 Å². The first-order valence-electron chi connectivity index (χ1n) is 8.61. The molecule has 0 aromatic heterocycles. The molecule has 0 saturated carbocycles. The summed E-state index contributed by atoms with van der Waals surface area (Å²) in [6.07, 6.45) is 3.55. The summed E-state index contributed by atoms with van der Waals surface area (Å²) >= 11 is 0. The molecule has 23 heavy (non-hydrogen) atoms. The average molecular weight is 321 g/mol. The van der Waals surface area contributed by atoms with E-state index < -0.39 is 8.07 Å². The lowest BCUT2D eigenvalue weighted by Crippen LogP contribution is -2.38. The third-order valence-electron chi connectivity index (χ3n) is 4.88. The van der Waals surface area contributed by atoms with E-state index in [1.54, 1.807) is 10.8 Å². The summed E-state index contributed by atoms with van der Waals surface area (Å²) in [5, 5.41) is 1.56. The Morgan fingerprint density at radius 3 is 2.13 bits per heavy atom. The van der Waals surface area contributed by atoms with E-state index in [1.165, 1.54) is 22.3 Å². The molecule has 0 fully saturated rings. The van der Waals surface area contributed by atoms with Crippen molar-refractivity contribution in [1.82, 2.24) is 0 Å². The first-order valence-corrected chi connectivity index (χ1v) is 12.1. The summed E-state index contributed by atoms with van der Waals surface area (Å²) in [5.74, 6) is 0. The van der Waals surface area contributed by atoms with Crippen molar-refractivity contribution in [3.63, 3.8) is 0 Å². The predicted octanol–water partition coefficient (Wildman–Crippen LogP) is 5.88. The van der Waals surface area contributed by atoms with Gasteiger partial charge < -0.3 is 0 Å². The molecule has 0 spiro atoms. The Kier molecular flexibility index (Phi) is 3.88. The van der Waals surface area contributed by atoms with Gasteiger partial charge in [0, 0.05) is 0 Å². The molecule has 0 nitrogen and oxygen atoms in total. The van der Waals surface area contributed by atoms with E-state index in [0.717, 1.165) is 6.42 Å². The molecule has 0 radical (unpaired) electrons. The largest absolute Gasteiger partial charge is 0.0784 e. The minimum atomic E-state index is -1.37. The Morgan fingerprint density at radius 2 is 1.48 bits per heavy atom. The van der Waals surface area contributed by atoms with E-state index in [9.17, 15) is 0 Å². The third kappa shape index (κ3) is 3.07. The second-order valence-corrected chi connectivity index (χ2v) is 13.8. The molecule has 1 aliphatic rings. The van der Waals surface area contributed by atoms with Crippen LogP contribution in [0.25, 0.3) is 17.2 Å². The van der Waals surface area contributed by atoms with Crippen molar-refractivity contribution in [2.45, 2.75) is 46.8 Å². The quantitative estimate of drug-likeness (QED) is 0.606. The number of allylic oxidation sites excluding steroid dienone is 1. The van der Waals surface area contributed by atoms with Crippen LogP contribution in [0.3, 0.4) is 0 Å². The number of benzene rings is 2. The van der Waals surface area contributed by atoms with Gasteiger partial charge in [-0.25, -0.2) is 0 Å². The molecule has 0 aliphatic heterocycles. The van der Waals surface area contributed by atoms with Crippen LogP contribution in [0, 0.1) is 5.41 Å².